The molecule has 1 saturated heterocycles. The van der Waals surface area contributed by atoms with Gasteiger partial charge in [-0.2, -0.15) is 0 Å². The van der Waals surface area contributed by atoms with Gasteiger partial charge in [0.25, 0.3) is 5.91 Å². The molecule has 0 unspecified atom stereocenters. The van der Waals surface area contributed by atoms with Gasteiger partial charge in [-0.05, 0) is 25.0 Å². The van der Waals surface area contributed by atoms with Crippen molar-refractivity contribution in [2.24, 2.45) is 0 Å². The topological polar surface area (TPSA) is 102 Å². The maximum atomic E-state index is 12.5. The van der Waals surface area contributed by atoms with E-state index in [-0.39, 0.29) is 12.1 Å². The molecule has 1 aliphatic rings. The van der Waals surface area contributed by atoms with E-state index in [1.54, 1.807) is 24.3 Å². The molecule has 1 amide bonds. The Balaban J connectivity index is 1.77. The van der Waals surface area contributed by atoms with Gasteiger partial charge in [0.05, 0.1) is 12.0 Å². The highest BCUT2D eigenvalue weighted by Crippen LogP contribution is 2.27. The lowest BCUT2D eigenvalue weighted by molar-refractivity contribution is -0.139. The third-order valence-corrected chi connectivity index (χ3v) is 4.41. The molecule has 3 rings (SSSR count). The maximum absolute atomic E-state index is 12.5. The summed E-state index contributed by atoms with van der Waals surface area (Å²) in [6.07, 6.45) is 0.704. The van der Waals surface area contributed by atoms with Crippen molar-refractivity contribution >= 4 is 23.5 Å². The van der Waals surface area contributed by atoms with E-state index in [0.717, 1.165) is 0 Å². The van der Waals surface area contributed by atoms with Crippen LogP contribution in [0.5, 0.6) is 0 Å². The predicted molar refractivity (Wildman–Crippen MR) is 89.5 cm³/mol. The number of halogens is 1. The highest BCUT2D eigenvalue weighted by atomic mass is 35.5. The first-order valence-electron chi connectivity index (χ1n) is 7.82. The van der Waals surface area contributed by atoms with Crippen LogP contribution >= 0.6 is 11.6 Å². The zero-order chi connectivity index (χ0) is 17.9. The van der Waals surface area contributed by atoms with Crippen LogP contribution in [0.2, 0.25) is 5.02 Å². The first-order chi connectivity index (χ1) is 12.0. The molecule has 0 spiro atoms. The van der Waals surface area contributed by atoms with Crippen molar-refractivity contribution < 1.29 is 24.0 Å². The predicted octanol–water partition coefficient (Wildman–Crippen LogP) is 2.75. The number of carbonyl (C=O) groups excluding carboxylic acids is 1. The van der Waals surface area contributed by atoms with Crippen molar-refractivity contribution in [2.45, 2.75) is 24.8 Å². The number of aliphatic carboxylic acids is 1. The van der Waals surface area contributed by atoms with E-state index in [9.17, 15) is 9.59 Å². The summed E-state index contributed by atoms with van der Waals surface area (Å²) in [5.74, 6) is -1.03. The first-order valence-corrected chi connectivity index (χ1v) is 8.20. The van der Waals surface area contributed by atoms with Gasteiger partial charge in [0.1, 0.15) is 0 Å². The summed E-state index contributed by atoms with van der Waals surface area (Å²) in [4.78, 5) is 23.7. The van der Waals surface area contributed by atoms with E-state index >= 15 is 0 Å². The monoisotopic (exact) mass is 364 g/mol. The summed E-state index contributed by atoms with van der Waals surface area (Å²) in [5.41, 5.74) is -0.0485. The van der Waals surface area contributed by atoms with Gasteiger partial charge in [0.2, 0.25) is 0 Å². The van der Waals surface area contributed by atoms with Crippen LogP contribution in [0.15, 0.2) is 34.9 Å². The number of carbonyl (C=O) groups is 2. The number of aromatic nitrogens is 1. The normalized spacial score (nSPS) is 16.4. The van der Waals surface area contributed by atoms with E-state index < -0.39 is 17.4 Å². The Labute approximate surface area is 148 Å². The van der Waals surface area contributed by atoms with Crippen LogP contribution in [-0.4, -0.2) is 40.9 Å². The van der Waals surface area contributed by atoms with E-state index in [1.165, 1.54) is 6.07 Å². The van der Waals surface area contributed by atoms with Crippen LogP contribution in [0.1, 0.15) is 29.8 Å². The van der Waals surface area contributed by atoms with E-state index in [1.807, 2.05) is 0 Å². The molecule has 1 aliphatic heterocycles. The minimum Gasteiger partial charge on any atom is -0.481 e. The number of ether oxygens (including phenoxy) is 1. The Morgan fingerprint density at radius 3 is 2.72 bits per heavy atom. The van der Waals surface area contributed by atoms with E-state index in [0.29, 0.717) is 42.4 Å². The fraction of sp³-hybridized carbons (Fsp3) is 0.353. The minimum absolute atomic E-state index is 0.0891. The molecule has 0 aliphatic carbocycles. The Hall–Kier alpha value is -2.38. The van der Waals surface area contributed by atoms with Crippen LogP contribution in [-0.2, 0) is 9.53 Å². The van der Waals surface area contributed by atoms with Crippen molar-refractivity contribution in [3.8, 4) is 11.3 Å². The van der Waals surface area contributed by atoms with Crippen molar-refractivity contribution in [3.63, 3.8) is 0 Å². The number of amides is 1. The first kappa shape index (κ1) is 17.4. The summed E-state index contributed by atoms with van der Waals surface area (Å²) in [5, 5.41) is 16.3. The molecule has 1 aromatic heterocycles. The second-order valence-electron chi connectivity index (χ2n) is 6.00. The van der Waals surface area contributed by atoms with E-state index in [4.69, 9.17) is 26.0 Å². The fourth-order valence-corrected chi connectivity index (χ4v) is 3.05. The SMILES string of the molecule is O=C(O)CC1(NC(=O)c2cc(-c3cccc(Cl)c3)on2)CCOCC1. The lowest BCUT2D eigenvalue weighted by Gasteiger charge is -2.36. The standard InChI is InChI=1S/C17H17ClN2O5/c18-12-3-1-2-11(8-12)14-9-13(20-25-14)16(23)19-17(10-15(21)22)4-6-24-7-5-17/h1-3,8-9H,4-7,10H2,(H,19,23)(H,21,22). The average molecular weight is 365 g/mol. The summed E-state index contributed by atoms with van der Waals surface area (Å²) >= 11 is 5.95. The van der Waals surface area contributed by atoms with Crippen LogP contribution in [0, 0.1) is 0 Å². The maximum Gasteiger partial charge on any atom is 0.305 e. The van der Waals surface area contributed by atoms with Crippen LogP contribution in [0.3, 0.4) is 0 Å². The summed E-state index contributed by atoms with van der Waals surface area (Å²) in [7, 11) is 0. The van der Waals surface area contributed by atoms with Gasteiger partial charge < -0.3 is 19.7 Å². The highest BCUT2D eigenvalue weighted by molar-refractivity contribution is 6.30. The number of hydrogen-bond donors (Lipinski definition) is 2. The molecular weight excluding hydrogens is 348 g/mol. The zero-order valence-electron chi connectivity index (χ0n) is 13.3. The smallest absolute Gasteiger partial charge is 0.305 e. The third-order valence-electron chi connectivity index (χ3n) is 4.17. The van der Waals surface area contributed by atoms with Crippen molar-refractivity contribution in [3.05, 3.63) is 41.0 Å². The van der Waals surface area contributed by atoms with Gasteiger partial charge in [0.15, 0.2) is 11.5 Å². The summed E-state index contributed by atoms with van der Waals surface area (Å²) in [6.45, 7) is 0.806. The quantitative estimate of drug-likeness (QED) is 0.845. The van der Waals surface area contributed by atoms with Crippen LogP contribution < -0.4 is 5.32 Å². The number of carboxylic acids is 1. The second-order valence-corrected chi connectivity index (χ2v) is 6.44. The van der Waals surface area contributed by atoms with E-state index in [2.05, 4.69) is 10.5 Å². The molecule has 8 heteroatoms. The van der Waals surface area contributed by atoms with Crippen molar-refractivity contribution in [1.29, 1.82) is 0 Å². The van der Waals surface area contributed by atoms with Crippen LogP contribution in [0.25, 0.3) is 11.3 Å². The summed E-state index contributed by atoms with van der Waals surface area (Å²) < 4.78 is 10.5. The molecule has 0 saturated carbocycles. The van der Waals surface area contributed by atoms with Crippen LogP contribution in [0.4, 0.5) is 0 Å². The number of hydrogen-bond acceptors (Lipinski definition) is 5. The Bertz CT molecular complexity index is 783. The zero-order valence-corrected chi connectivity index (χ0v) is 14.1. The number of benzene rings is 1. The van der Waals surface area contributed by atoms with Crippen molar-refractivity contribution in [2.75, 3.05) is 13.2 Å². The lowest BCUT2D eigenvalue weighted by atomic mass is 9.86. The Morgan fingerprint density at radius 2 is 2.04 bits per heavy atom. The molecule has 0 bridgehead atoms. The molecule has 2 aromatic rings. The molecule has 25 heavy (non-hydrogen) atoms. The minimum atomic E-state index is -0.970. The Kier molecular flexibility index (Phi) is 5.06. The molecule has 132 valence electrons. The second kappa shape index (κ2) is 7.25. The molecule has 2 N–H and O–H groups in total. The molecule has 1 aromatic carbocycles. The largest absolute Gasteiger partial charge is 0.481 e. The number of nitrogens with one attached hydrogen (secondary N) is 1. The molecule has 0 atom stereocenters. The molecular formula is C17H17ClN2O5. The molecule has 1 fully saturated rings. The number of carboxylic acid groups (broad SMARTS) is 1. The van der Waals surface area contributed by atoms with Gasteiger partial charge in [-0.1, -0.05) is 28.9 Å². The average Bonchev–Trinajstić information content (AvgIpc) is 3.05. The lowest BCUT2D eigenvalue weighted by Crippen LogP contribution is -2.53. The van der Waals surface area contributed by atoms with Gasteiger partial charge >= 0.3 is 5.97 Å². The summed E-state index contributed by atoms with van der Waals surface area (Å²) in [6, 6.07) is 8.50. The van der Waals surface area contributed by atoms with Gasteiger partial charge in [0, 0.05) is 29.9 Å². The number of rotatable bonds is 5. The third kappa shape index (κ3) is 4.18. The highest BCUT2D eigenvalue weighted by Gasteiger charge is 2.37. The van der Waals surface area contributed by atoms with Crippen molar-refractivity contribution in [1.82, 2.24) is 10.5 Å². The molecule has 7 nitrogen and oxygen atoms in total. The Morgan fingerprint density at radius 1 is 1.28 bits per heavy atom. The molecule has 0 radical (unpaired) electrons. The van der Waals surface area contributed by atoms with Gasteiger partial charge in [-0.25, -0.2) is 0 Å². The molecule has 2 heterocycles. The van der Waals surface area contributed by atoms with Gasteiger partial charge in [-0.3, -0.25) is 9.59 Å². The fourth-order valence-electron chi connectivity index (χ4n) is 2.86. The van der Waals surface area contributed by atoms with Gasteiger partial charge in [-0.15, -0.1) is 0 Å². The number of nitrogens with zero attached hydrogens (tertiary/aromatic N) is 1.